The summed E-state index contributed by atoms with van der Waals surface area (Å²) in [5.41, 5.74) is 0.660. The first kappa shape index (κ1) is 9.85. The summed E-state index contributed by atoms with van der Waals surface area (Å²) in [6, 6.07) is 3.34. The number of rotatable bonds is 1. The molecule has 0 saturated heterocycles. The van der Waals surface area contributed by atoms with Gasteiger partial charge in [-0.15, -0.1) is 0 Å². The van der Waals surface area contributed by atoms with Crippen LogP contribution in [-0.2, 0) is 0 Å². The third kappa shape index (κ3) is 1.92. The van der Waals surface area contributed by atoms with E-state index in [0.717, 1.165) is 0 Å². The van der Waals surface area contributed by atoms with Crippen molar-refractivity contribution in [1.29, 1.82) is 0 Å². The van der Waals surface area contributed by atoms with Crippen LogP contribution in [0.25, 0.3) is 0 Å². The Hall–Kier alpha value is -0.240. The molecule has 1 aromatic rings. The molecule has 0 saturated carbocycles. The summed E-state index contributed by atoms with van der Waals surface area (Å²) < 4.78 is 0. The van der Waals surface area contributed by atoms with Gasteiger partial charge in [-0.1, -0.05) is 34.8 Å². The van der Waals surface area contributed by atoms with Gasteiger partial charge in [0.1, 0.15) is 0 Å². The summed E-state index contributed by atoms with van der Waals surface area (Å²) in [4.78, 5) is 3.82. The van der Waals surface area contributed by atoms with Gasteiger partial charge >= 0.3 is 0 Å². The quantitative estimate of drug-likeness (QED) is 0.507. The minimum Gasteiger partial charge on any atom is -0.296 e. The number of benzene rings is 1. The first-order chi connectivity index (χ1) is 5.66. The fourth-order valence-corrected chi connectivity index (χ4v) is 1.42. The molecule has 0 spiro atoms. The highest BCUT2D eigenvalue weighted by Gasteiger charge is 2.06. The number of halogens is 3. The standard InChI is InChI=1S/C8H6Cl3N/c1-12-4-5-6(9)2-3-7(10)8(5)11/h2-4H,1H3. The predicted molar refractivity (Wildman–Crippen MR) is 55.0 cm³/mol. The molecule has 0 aromatic heterocycles. The van der Waals surface area contributed by atoms with Gasteiger partial charge in [0.15, 0.2) is 0 Å². The van der Waals surface area contributed by atoms with Crippen molar-refractivity contribution in [3.63, 3.8) is 0 Å². The van der Waals surface area contributed by atoms with Crippen LogP contribution in [0.15, 0.2) is 17.1 Å². The molecular formula is C8H6Cl3N. The SMILES string of the molecule is CN=Cc1c(Cl)ccc(Cl)c1Cl. The van der Waals surface area contributed by atoms with Gasteiger partial charge in [0.2, 0.25) is 0 Å². The molecule has 0 aliphatic carbocycles. The van der Waals surface area contributed by atoms with E-state index in [-0.39, 0.29) is 0 Å². The van der Waals surface area contributed by atoms with Gasteiger partial charge < -0.3 is 0 Å². The third-order valence-electron chi connectivity index (χ3n) is 1.34. The van der Waals surface area contributed by atoms with Crippen molar-refractivity contribution >= 4 is 41.0 Å². The van der Waals surface area contributed by atoms with E-state index < -0.39 is 0 Å². The van der Waals surface area contributed by atoms with E-state index in [1.165, 1.54) is 0 Å². The van der Waals surface area contributed by atoms with Crippen LogP contribution in [0.4, 0.5) is 0 Å². The maximum atomic E-state index is 5.87. The van der Waals surface area contributed by atoms with E-state index in [1.807, 2.05) is 0 Å². The van der Waals surface area contributed by atoms with Crippen LogP contribution >= 0.6 is 34.8 Å². The first-order valence-electron chi connectivity index (χ1n) is 3.22. The lowest BCUT2D eigenvalue weighted by Gasteiger charge is -2.01. The minimum atomic E-state index is 0.440. The van der Waals surface area contributed by atoms with Crippen LogP contribution in [0.5, 0.6) is 0 Å². The third-order valence-corrected chi connectivity index (χ3v) is 2.49. The van der Waals surface area contributed by atoms with Crippen LogP contribution in [-0.4, -0.2) is 13.3 Å². The van der Waals surface area contributed by atoms with Crippen LogP contribution in [0.3, 0.4) is 0 Å². The Kier molecular flexibility index (Phi) is 3.39. The second-order valence-corrected chi connectivity index (χ2v) is 3.34. The van der Waals surface area contributed by atoms with E-state index in [4.69, 9.17) is 34.8 Å². The maximum absolute atomic E-state index is 5.87. The fraction of sp³-hybridized carbons (Fsp3) is 0.125. The zero-order valence-corrected chi connectivity index (χ0v) is 8.58. The van der Waals surface area contributed by atoms with Crippen molar-refractivity contribution < 1.29 is 0 Å². The van der Waals surface area contributed by atoms with Crippen LogP contribution in [0, 0.1) is 0 Å². The topological polar surface area (TPSA) is 12.4 Å². The van der Waals surface area contributed by atoms with Crippen LogP contribution < -0.4 is 0 Å². The van der Waals surface area contributed by atoms with Crippen LogP contribution in [0.1, 0.15) is 5.56 Å². The van der Waals surface area contributed by atoms with E-state index in [9.17, 15) is 0 Å². The molecular weight excluding hydrogens is 216 g/mol. The van der Waals surface area contributed by atoms with Gasteiger partial charge in [0, 0.05) is 18.8 Å². The molecule has 0 N–H and O–H groups in total. The molecule has 1 nitrogen and oxygen atoms in total. The molecule has 64 valence electrons. The molecule has 0 bridgehead atoms. The maximum Gasteiger partial charge on any atom is 0.0694 e. The highest BCUT2D eigenvalue weighted by Crippen LogP contribution is 2.29. The number of hydrogen-bond acceptors (Lipinski definition) is 1. The number of nitrogens with zero attached hydrogens (tertiary/aromatic N) is 1. The van der Waals surface area contributed by atoms with Crippen molar-refractivity contribution in [1.82, 2.24) is 0 Å². The van der Waals surface area contributed by atoms with Crippen molar-refractivity contribution in [3.8, 4) is 0 Å². The summed E-state index contributed by atoms with van der Waals surface area (Å²) in [5, 5.41) is 1.47. The van der Waals surface area contributed by atoms with Gasteiger partial charge in [-0.3, -0.25) is 4.99 Å². The molecule has 1 aromatic carbocycles. The average Bonchev–Trinajstić information content (AvgIpc) is 2.06. The molecule has 1 rings (SSSR count). The predicted octanol–water partition coefficient (Wildman–Crippen LogP) is 3.70. The summed E-state index contributed by atoms with van der Waals surface area (Å²) in [6.45, 7) is 0. The molecule has 4 heteroatoms. The Bertz CT molecular complexity index is 320. The zero-order valence-electron chi connectivity index (χ0n) is 6.31. The fourth-order valence-electron chi connectivity index (χ4n) is 0.790. The normalized spacial score (nSPS) is 11.0. The monoisotopic (exact) mass is 221 g/mol. The number of aliphatic imine (C=N–C) groups is 1. The lowest BCUT2D eigenvalue weighted by molar-refractivity contribution is 1.46. The first-order valence-corrected chi connectivity index (χ1v) is 4.36. The minimum absolute atomic E-state index is 0.440. The highest BCUT2D eigenvalue weighted by atomic mass is 35.5. The molecule has 0 atom stereocenters. The smallest absolute Gasteiger partial charge is 0.0694 e. The Labute approximate surface area is 86.0 Å². The second kappa shape index (κ2) is 4.13. The second-order valence-electron chi connectivity index (χ2n) is 2.14. The number of hydrogen-bond donors (Lipinski definition) is 0. The van der Waals surface area contributed by atoms with Gasteiger partial charge in [-0.05, 0) is 12.1 Å². The lowest BCUT2D eigenvalue weighted by atomic mass is 10.2. The largest absolute Gasteiger partial charge is 0.296 e. The Morgan fingerprint density at radius 3 is 2.33 bits per heavy atom. The van der Waals surface area contributed by atoms with Crippen LogP contribution in [0.2, 0.25) is 15.1 Å². The van der Waals surface area contributed by atoms with Crippen molar-refractivity contribution in [2.24, 2.45) is 4.99 Å². The molecule has 0 fully saturated rings. The summed E-state index contributed by atoms with van der Waals surface area (Å²) in [6.07, 6.45) is 1.58. The molecule has 0 amide bonds. The molecule has 12 heavy (non-hydrogen) atoms. The van der Waals surface area contributed by atoms with E-state index in [1.54, 1.807) is 25.4 Å². The molecule has 0 heterocycles. The highest BCUT2D eigenvalue weighted by molar-refractivity contribution is 6.45. The van der Waals surface area contributed by atoms with Gasteiger partial charge in [-0.2, -0.15) is 0 Å². The molecule has 0 radical (unpaired) electrons. The zero-order chi connectivity index (χ0) is 9.14. The summed E-state index contributed by atoms with van der Waals surface area (Å²) >= 11 is 17.5. The van der Waals surface area contributed by atoms with Gasteiger partial charge in [-0.25, -0.2) is 0 Å². The van der Waals surface area contributed by atoms with E-state index >= 15 is 0 Å². The average molecular weight is 223 g/mol. The lowest BCUT2D eigenvalue weighted by Crippen LogP contribution is -1.85. The van der Waals surface area contributed by atoms with E-state index in [0.29, 0.717) is 20.6 Å². The molecule has 0 unspecified atom stereocenters. The Balaban J connectivity index is 3.32. The van der Waals surface area contributed by atoms with Crippen molar-refractivity contribution in [2.45, 2.75) is 0 Å². The van der Waals surface area contributed by atoms with Gasteiger partial charge in [0.05, 0.1) is 15.1 Å². The van der Waals surface area contributed by atoms with Crippen molar-refractivity contribution in [3.05, 3.63) is 32.8 Å². The molecule has 0 aliphatic heterocycles. The summed E-state index contributed by atoms with van der Waals surface area (Å²) in [7, 11) is 1.65. The Morgan fingerprint density at radius 2 is 1.75 bits per heavy atom. The van der Waals surface area contributed by atoms with Crippen molar-refractivity contribution in [2.75, 3.05) is 7.05 Å². The molecule has 0 aliphatic rings. The van der Waals surface area contributed by atoms with Gasteiger partial charge in [0.25, 0.3) is 0 Å². The Morgan fingerprint density at radius 1 is 1.17 bits per heavy atom. The summed E-state index contributed by atoms with van der Waals surface area (Å²) in [5.74, 6) is 0. The van der Waals surface area contributed by atoms with E-state index in [2.05, 4.69) is 4.99 Å².